The lowest BCUT2D eigenvalue weighted by atomic mass is 9.84. The third kappa shape index (κ3) is 6.93. The Hall–Kier alpha value is -1.18. The number of phenolic OH excluding ortho intramolecular Hbond substituents is 1. The fourth-order valence-corrected chi connectivity index (χ4v) is 4.81. The van der Waals surface area contributed by atoms with Gasteiger partial charge in [-0.05, 0) is 70.1 Å². The van der Waals surface area contributed by atoms with E-state index in [0.29, 0.717) is 5.75 Å². The van der Waals surface area contributed by atoms with Crippen molar-refractivity contribution in [2.24, 2.45) is 0 Å². The van der Waals surface area contributed by atoms with E-state index in [1.807, 2.05) is 13.8 Å². The lowest BCUT2D eigenvalue weighted by Crippen LogP contribution is -2.37. The van der Waals surface area contributed by atoms with Crippen LogP contribution in [0.25, 0.3) is 0 Å². The predicted octanol–water partition coefficient (Wildman–Crippen LogP) is 8.49. The zero-order valence-corrected chi connectivity index (χ0v) is 20.0. The zero-order chi connectivity index (χ0) is 21.3. The molecule has 2 heteroatoms. The quantitative estimate of drug-likeness (QED) is 0.335. The molecule has 0 fully saturated rings. The molecule has 0 saturated heterocycles. The highest BCUT2D eigenvalue weighted by atomic mass is 16.5. The molecule has 0 spiro atoms. The third-order valence-corrected chi connectivity index (χ3v) is 7.15. The second kappa shape index (κ2) is 11.9. The third-order valence-electron chi connectivity index (χ3n) is 7.15. The van der Waals surface area contributed by atoms with Gasteiger partial charge in [-0.3, -0.25) is 0 Å². The lowest BCUT2D eigenvalue weighted by molar-refractivity contribution is 0.0521. The first-order chi connectivity index (χ1) is 13.9. The minimum atomic E-state index is -0.0495. The number of hydrogen-bond acceptors (Lipinski definition) is 2. The summed E-state index contributed by atoms with van der Waals surface area (Å²) in [5.74, 6) is 1.50. The first-order valence-electron chi connectivity index (χ1n) is 12.4. The Balaban J connectivity index is 1.64. The van der Waals surface area contributed by atoms with Crippen molar-refractivity contribution in [3.8, 4) is 11.5 Å². The van der Waals surface area contributed by atoms with Gasteiger partial charge in [0, 0.05) is 5.56 Å². The largest absolute Gasteiger partial charge is 0.507 e. The van der Waals surface area contributed by atoms with Gasteiger partial charge in [-0.15, -0.1) is 0 Å². The van der Waals surface area contributed by atoms with Crippen LogP contribution in [-0.4, -0.2) is 10.7 Å². The molecule has 1 aromatic carbocycles. The van der Waals surface area contributed by atoms with Gasteiger partial charge in [0.1, 0.15) is 17.1 Å². The lowest BCUT2D eigenvalue weighted by Gasteiger charge is -2.38. The molecule has 1 aliphatic heterocycles. The summed E-state index contributed by atoms with van der Waals surface area (Å²) in [4.78, 5) is 0. The fraction of sp³-hybridized carbons (Fsp3) is 0.778. The summed E-state index contributed by atoms with van der Waals surface area (Å²) in [6.45, 7) is 10.7. The van der Waals surface area contributed by atoms with Crippen molar-refractivity contribution in [3.63, 3.8) is 0 Å². The standard InChI is InChI=1S/C27H46O2/c1-6-7-8-9-10-11-12-13-14-15-16-17-19-27(5)20-18-24-23(4)25(28)21(2)22(3)26(24)29-27/h28H,6-20H2,1-5H3/t27-/m0/s1. The van der Waals surface area contributed by atoms with Crippen molar-refractivity contribution in [1.82, 2.24) is 0 Å². The van der Waals surface area contributed by atoms with Crippen LogP contribution >= 0.6 is 0 Å². The molecule has 0 bridgehead atoms. The first kappa shape index (κ1) is 24.1. The average Bonchev–Trinajstić information content (AvgIpc) is 2.71. The number of benzene rings is 1. The Morgan fingerprint density at radius 3 is 1.83 bits per heavy atom. The van der Waals surface area contributed by atoms with E-state index >= 15 is 0 Å². The van der Waals surface area contributed by atoms with Crippen LogP contribution in [0.1, 0.15) is 126 Å². The molecule has 1 atom stereocenters. The van der Waals surface area contributed by atoms with Crippen LogP contribution in [0.3, 0.4) is 0 Å². The monoisotopic (exact) mass is 402 g/mol. The van der Waals surface area contributed by atoms with Gasteiger partial charge in [0.05, 0.1) is 0 Å². The van der Waals surface area contributed by atoms with E-state index in [1.54, 1.807) is 0 Å². The minimum Gasteiger partial charge on any atom is -0.507 e. The molecule has 1 aromatic rings. The smallest absolute Gasteiger partial charge is 0.127 e. The highest BCUT2D eigenvalue weighted by Crippen LogP contribution is 2.44. The van der Waals surface area contributed by atoms with E-state index in [0.717, 1.165) is 41.7 Å². The van der Waals surface area contributed by atoms with Crippen molar-refractivity contribution in [1.29, 1.82) is 0 Å². The maximum Gasteiger partial charge on any atom is 0.127 e. The van der Waals surface area contributed by atoms with Crippen LogP contribution in [0.5, 0.6) is 11.5 Å². The van der Waals surface area contributed by atoms with E-state index in [9.17, 15) is 5.11 Å². The number of ether oxygens (including phenoxy) is 1. The summed E-state index contributed by atoms with van der Waals surface area (Å²) < 4.78 is 6.56. The minimum absolute atomic E-state index is 0.0495. The van der Waals surface area contributed by atoms with E-state index < -0.39 is 0 Å². The molecular formula is C27H46O2. The molecule has 1 heterocycles. The number of fused-ring (bicyclic) bond motifs is 1. The van der Waals surface area contributed by atoms with Gasteiger partial charge < -0.3 is 9.84 Å². The molecule has 166 valence electrons. The Morgan fingerprint density at radius 1 is 0.759 bits per heavy atom. The predicted molar refractivity (Wildman–Crippen MR) is 125 cm³/mol. The maximum absolute atomic E-state index is 10.3. The van der Waals surface area contributed by atoms with Crippen LogP contribution < -0.4 is 4.74 Å². The average molecular weight is 403 g/mol. The van der Waals surface area contributed by atoms with Crippen molar-refractivity contribution >= 4 is 0 Å². The topological polar surface area (TPSA) is 29.5 Å². The zero-order valence-electron chi connectivity index (χ0n) is 20.0. The Morgan fingerprint density at radius 2 is 1.28 bits per heavy atom. The number of phenols is 1. The van der Waals surface area contributed by atoms with Gasteiger partial charge >= 0.3 is 0 Å². The van der Waals surface area contributed by atoms with Crippen molar-refractivity contribution in [2.45, 2.75) is 137 Å². The number of unbranched alkanes of at least 4 members (excludes halogenated alkanes) is 11. The Kier molecular flexibility index (Phi) is 9.86. The fourth-order valence-electron chi connectivity index (χ4n) is 4.81. The molecule has 1 N–H and O–H groups in total. The van der Waals surface area contributed by atoms with E-state index in [1.165, 1.54) is 82.6 Å². The highest BCUT2D eigenvalue weighted by molar-refractivity contribution is 5.58. The molecule has 2 nitrogen and oxygen atoms in total. The number of aromatic hydroxyl groups is 1. The molecule has 2 rings (SSSR count). The van der Waals surface area contributed by atoms with Crippen LogP contribution in [0.4, 0.5) is 0 Å². The van der Waals surface area contributed by atoms with E-state index in [-0.39, 0.29) is 5.60 Å². The second-order valence-corrected chi connectivity index (χ2v) is 9.72. The van der Waals surface area contributed by atoms with Gasteiger partial charge in [0.2, 0.25) is 0 Å². The van der Waals surface area contributed by atoms with E-state index in [4.69, 9.17) is 4.74 Å². The van der Waals surface area contributed by atoms with Crippen LogP contribution in [0.2, 0.25) is 0 Å². The summed E-state index contributed by atoms with van der Waals surface area (Å²) in [6, 6.07) is 0. The molecule has 0 amide bonds. The van der Waals surface area contributed by atoms with Gasteiger partial charge in [-0.25, -0.2) is 0 Å². The van der Waals surface area contributed by atoms with Gasteiger partial charge in [0.15, 0.2) is 0 Å². The van der Waals surface area contributed by atoms with E-state index in [2.05, 4.69) is 20.8 Å². The van der Waals surface area contributed by atoms with Gasteiger partial charge in [0.25, 0.3) is 0 Å². The number of hydrogen-bond donors (Lipinski definition) is 1. The molecule has 0 saturated carbocycles. The second-order valence-electron chi connectivity index (χ2n) is 9.72. The molecular weight excluding hydrogens is 356 g/mol. The van der Waals surface area contributed by atoms with Crippen LogP contribution in [-0.2, 0) is 6.42 Å². The molecule has 0 unspecified atom stereocenters. The van der Waals surface area contributed by atoms with Gasteiger partial charge in [-0.2, -0.15) is 0 Å². The first-order valence-corrected chi connectivity index (χ1v) is 12.4. The molecule has 0 aliphatic carbocycles. The Bertz CT molecular complexity index is 634. The normalized spacial score (nSPS) is 18.5. The van der Waals surface area contributed by atoms with Crippen LogP contribution in [0.15, 0.2) is 0 Å². The summed E-state index contributed by atoms with van der Waals surface area (Å²) in [7, 11) is 0. The van der Waals surface area contributed by atoms with Crippen molar-refractivity contribution < 1.29 is 9.84 Å². The van der Waals surface area contributed by atoms with Crippen molar-refractivity contribution in [2.75, 3.05) is 0 Å². The Labute approximate surface area is 180 Å². The highest BCUT2D eigenvalue weighted by Gasteiger charge is 2.34. The summed E-state index contributed by atoms with van der Waals surface area (Å²) in [5.41, 5.74) is 4.26. The summed E-state index contributed by atoms with van der Waals surface area (Å²) >= 11 is 0. The SMILES string of the molecule is CCCCCCCCCCCCCC[C@@]1(C)CCc2c(C)c(O)c(C)c(C)c2O1. The van der Waals surface area contributed by atoms with Crippen molar-refractivity contribution in [3.05, 3.63) is 22.3 Å². The summed E-state index contributed by atoms with van der Waals surface area (Å²) in [5, 5.41) is 10.3. The molecule has 0 aromatic heterocycles. The maximum atomic E-state index is 10.3. The van der Waals surface area contributed by atoms with Gasteiger partial charge in [-0.1, -0.05) is 77.6 Å². The molecule has 1 aliphatic rings. The summed E-state index contributed by atoms with van der Waals surface area (Å²) in [6.07, 6.45) is 19.9. The molecule has 0 radical (unpaired) electrons. The number of rotatable bonds is 13. The van der Waals surface area contributed by atoms with Crippen LogP contribution in [0, 0.1) is 20.8 Å². The molecule has 29 heavy (non-hydrogen) atoms.